The van der Waals surface area contributed by atoms with Crippen LogP contribution in [0.1, 0.15) is 117 Å². The molecule has 1 atom stereocenters. The molecule has 4 nitrogen and oxygen atoms in total. The Balaban J connectivity index is 0. The smallest absolute Gasteiger partial charge is 0.500 e. The van der Waals surface area contributed by atoms with Crippen molar-refractivity contribution >= 4 is 8.80 Å². The highest BCUT2D eigenvalue weighted by Gasteiger charge is 2.38. The average molecular weight is 496 g/mol. The van der Waals surface area contributed by atoms with E-state index < -0.39 is 8.80 Å². The van der Waals surface area contributed by atoms with Gasteiger partial charge in [-0.05, 0) is 25.7 Å². The second-order valence-electron chi connectivity index (χ2n) is 10.0. The largest absolute Gasteiger partial charge is 1.00 e. The van der Waals surface area contributed by atoms with Crippen LogP contribution >= 0.6 is 0 Å². The fraction of sp³-hybridized carbons (Fsp3) is 1.00. The van der Waals surface area contributed by atoms with Crippen molar-refractivity contribution in [2.24, 2.45) is 0 Å². The van der Waals surface area contributed by atoms with E-state index in [-0.39, 0.29) is 12.4 Å². The number of hydrogen-bond acceptors (Lipinski definition) is 3. The lowest BCUT2D eigenvalue weighted by Gasteiger charge is -2.39. The first kappa shape index (κ1) is 34.5. The molecule has 0 N–H and O–H groups in total. The molecule has 196 valence electrons. The normalized spacial score (nSPS) is 13.2. The third kappa shape index (κ3) is 16.1. The van der Waals surface area contributed by atoms with Crippen molar-refractivity contribution in [3.63, 3.8) is 0 Å². The molecule has 0 saturated heterocycles. The molecular formula is C26H58ClNO3Si. The fourth-order valence-electron chi connectivity index (χ4n) is 4.78. The molecule has 0 saturated carbocycles. The van der Waals surface area contributed by atoms with Gasteiger partial charge >= 0.3 is 8.80 Å². The Morgan fingerprint density at radius 3 is 1.34 bits per heavy atom. The minimum Gasteiger partial charge on any atom is -1.00 e. The molecule has 0 fully saturated rings. The zero-order valence-electron chi connectivity index (χ0n) is 22.9. The fourth-order valence-corrected chi connectivity index (χ4v) is 6.49. The second-order valence-corrected chi connectivity index (χ2v) is 13.1. The lowest BCUT2D eigenvalue weighted by atomic mass is 9.97. The molecule has 0 rings (SSSR count). The van der Waals surface area contributed by atoms with Gasteiger partial charge in [0.2, 0.25) is 0 Å². The van der Waals surface area contributed by atoms with Crippen molar-refractivity contribution in [2.45, 2.75) is 129 Å². The first-order chi connectivity index (χ1) is 14.9. The molecule has 1 unspecified atom stereocenters. The van der Waals surface area contributed by atoms with Crippen LogP contribution in [0, 0.1) is 0 Å². The lowest BCUT2D eigenvalue weighted by Crippen LogP contribution is -3.00. The highest BCUT2D eigenvalue weighted by molar-refractivity contribution is 6.60. The molecule has 6 heteroatoms. The Morgan fingerprint density at radius 2 is 0.969 bits per heavy atom. The van der Waals surface area contributed by atoms with Gasteiger partial charge in [0.15, 0.2) is 0 Å². The molecule has 0 radical (unpaired) electrons. The maximum atomic E-state index is 5.63. The molecule has 0 aliphatic carbocycles. The third-order valence-electron chi connectivity index (χ3n) is 7.17. The van der Waals surface area contributed by atoms with E-state index in [9.17, 15) is 0 Å². The lowest BCUT2D eigenvalue weighted by molar-refractivity contribution is -0.916. The number of rotatable bonds is 23. The highest BCUT2D eigenvalue weighted by Crippen LogP contribution is 2.24. The molecule has 0 aliphatic heterocycles. The van der Waals surface area contributed by atoms with Gasteiger partial charge in [0, 0.05) is 33.8 Å². The first-order valence-electron chi connectivity index (χ1n) is 13.4. The zero-order chi connectivity index (χ0) is 23.4. The quantitative estimate of drug-likeness (QED) is 0.118. The van der Waals surface area contributed by atoms with Crippen LogP contribution in [0.3, 0.4) is 0 Å². The van der Waals surface area contributed by atoms with Gasteiger partial charge in [-0.1, -0.05) is 84.5 Å². The Morgan fingerprint density at radius 1 is 0.594 bits per heavy atom. The van der Waals surface area contributed by atoms with Gasteiger partial charge in [0.05, 0.1) is 26.7 Å². The van der Waals surface area contributed by atoms with E-state index in [1.165, 1.54) is 103 Å². The van der Waals surface area contributed by atoms with Gasteiger partial charge in [-0.3, -0.25) is 0 Å². The first-order valence-corrected chi connectivity index (χ1v) is 15.3. The summed E-state index contributed by atoms with van der Waals surface area (Å²) in [6.07, 6.45) is 22.0. The van der Waals surface area contributed by atoms with Crippen LogP contribution in [0.2, 0.25) is 6.04 Å². The van der Waals surface area contributed by atoms with Crippen LogP contribution in [0.5, 0.6) is 0 Å². The van der Waals surface area contributed by atoms with E-state index in [4.69, 9.17) is 13.3 Å². The number of unbranched alkanes of at least 4 members (excludes halogenated alkanes) is 11. The maximum absolute atomic E-state index is 5.63. The van der Waals surface area contributed by atoms with E-state index >= 15 is 0 Å². The molecule has 0 bridgehead atoms. The Labute approximate surface area is 209 Å². The van der Waals surface area contributed by atoms with Crippen molar-refractivity contribution in [3.8, 4) is 0 Å². The molecular weight excluding hydrogens is 438 g/mol. The van der Waals surface area contributed by atoms with E-state index in [0.717, 1.165) is 23.0 Å². The van der Waals surface area contributed by atoms with Gasteiger partial charge in [0.25, 0.3) is 0 Å². The van der Waals surface area contributed by atoms with Gasteiger partial charge in [-0.2, -0.15) is 0 Å². The van der Waals surface area contributed by atoms with Gasteiger partial charge in [-0.15, -0.1) is 0 Å². The summed E-state index contributed by atoms with van der Waals surface area (Å²) in [5.74, 6) is 0. The van der Waals surface area contributed by atoms with Crippen LogP contribution in [0.15, 0.2) is 0 Å². The predicted molar refractivity (Wildman–Crippen MR) is 138 cm³/mol. The van der Waals surface area contributed by atoms with Crippen LogP contribution in [-0.4, -0.2) is 61.3 Å². The molecule has 0 aliphatic rings. The van der Waals surface area contributed by atoms with Crippen LogP contribution in [0.4, 0.5) is 0 Å². The van der Waals surface area contributed by atoms with Crippen molar-refractivity contribution < 1.29 is 30.2 Å². The molecule has 32 heavy (non-hydrogen) atoms. The minimum absolute atomic E-state index is 0. The van der Waals surface area contributed by atoms with E-state index in [1.54, 1.807) is 21.3 Å². The Kier molecular flexibility index (Phi) is 23.6. The summed E-state index contributed by atoms with van der Waals surface area (Å²) in [6.45, 7) is 5.76. The van der Waals surface area contributed by atoms with Crippen LogP contribution < -0.4 is 12.4 Å². The summed E-state index contributed by atoms with van der Waals surface area (Å²) < 4.78 is 18.0. The third-order valence-corrected chi connectivity index (χ3v) is 10.0. The van der Waals surface area contributed by atoms with E-state index in [1.807, 2.05) is 0 Å². The van der Waals surface area contributed by atoms with Crippen LogP contribution in [-0.2, 0) is 13.3 Å². The van der Waals surface area contributed by atoms with E-state index in [0.29, 0.717) is 0 Å². The van der Waals surface area contributed by atoms with Crippen molar-refractivity contribution in [2.75, 3.05) is 42.0 Å². The summed E-state index contributed by atoms with van der Waals surface area (Å²) in [6, 6.07) is 1.67. The van der Waals surface area contributed by atoms with Gasteiger partial charge in [0.1, 0.15) is 0 Å². The van der Waals surface area contributed by atoms with Gasteiger partial charge in [-0.25, -0.2) is 0 Å². The number of halogens is 1. The zero-order valence-corrected chi connectivity index (χ0v) is 24.6. The molecule has 0 aromatic rings. The predicted octanol–water partition coefficient (Wildman–Crippen LogP) is 4.59. The standard InChI is InChI=1S/C26H58NO3Si.ClH/c1-8-10-12-14-16-18-20-23-26(22-19-17-15-13-11-9-2)27(3,4)24-21-25-31(28-5,29-6)30-7;/h26H,8-25H2,1-7H3;1H/q+1;/p-1. The summed E-state index contributed by atoms with van der Waals surface area (Å²) in [5, 5.41) is 0. The SMILES string of the molecule is CCCCCCCCCC(CCCCCCCC)[N+](C)(C)CCC[Si](OC)(OC)OC.[Cl-]. The summed E-state index contributed by atoms with van der Waals surface area (Å²) in [5.41, 5.74) is 0. The monoisotopic (exact) mass is 495 g/mol. The Bertz CT molecular complexity index is 387. The topological polar surface area (TPSA) is 27.7 Å². The number of hydrogen-bond donors (Lipinski definition) is 0. The summed E-state index contributed by atoms with van der Waals surface area (Å²) in [4.78, 5) is 0. The van der Waals surface area contributed by atoms with Crippen LogP contribution in [0.25, 0.3) is 0 Å². The second kappa shape index (κ2) is 21.9. The van der Waals surface area contributed by atoms with Gasteiger partial charge < -0.3 is 30.2 Å². The Hall–Kier alpha value is 0.347. The molecule has 0 spiro atoms. The number of quaternary nitrogens is 1. The average Bonchev–Trinajstić information content (AvgIpc) is 2.77. The highest BCUT2D eigenvalue weighted by atomic mass is 35.5. The van der Waals surface area contributed by atoms with E-state index in [2.05, 4.69) is 27.9 Å². The van der Waals surface area contributed by atoms with Crippen molar-refractivity contribution in [1.29, 1.82) is 0 Å². The van der Waals surface area contributed by atoms with Crippen molar-refractivity contribution in [3.05, 3.63) is 0 Å². The number of nitrogens with zero attached hydrogens (tertiary/aromatic N) is 1. The maximum Gasteiger partial charge on any atom is 0.500 e. The minimum atomic E-state index is -2.45. The molecule has 0 heterocycles. The summed E-state index contributed by atoms with van der Waals surface area (Å²) in [7, 11) is 7.60. The van der Waals surface area contributed by atoms with Crippen molar-refractivity contribution in [1.82, 2.24) is 0 Å². The molecule has 0 aromatic heterocycles. The molecule has 0 amide bonds. The summed E-state index contributed by atoms with van der Waals surface area (Å²) >= 11 is 0. The molecule has 0 aromatic carbocycles.